The first kappa shape index (κ1) is 21.4. The van der Waals surface area contributed by atoms with Gasteiger partial charge in [0.25, 0.3) is 5.56 Å². The van der Waals surface area contributed by atoms with Gasteiger partial charge in [0.2, 0.25) is 0 Å². The van der Waals surface area contributed by atoms with Crippen molar-refractivity contribution in [3.05, 3.63) is 88.0 Å². The smallest absolute Gasteiger partial charge is 0.282 e. The Labute approximate surface area is 187 Å². The molecule has 2 aromatic heterocycles. The van der Waals surface area contributed by atoms with E-state index >= 15 is 0 Å². The zero-order chi connectivity index (χ0) is 22.7. The Morgan fingerprint density at radius 1 is 1.12 bits per heavy atom. The maximum absolute atomic E-state index is 13.4. The fourth-order valence-electron chi connectivity index (χ4n) is 3.65. The molecule has 0 unspecified atom stereocenters. The summed E-state index contributed by atoms with van der Waals surface area (Å²) in [5, 5.41) is 5.02. The number of hydrogen-bond donors (Lipinski definition) is 0. The number of nitrogens with zero attached hydrogens (tertiary/aromatic N) is 4. The predicted octanol–water partition coefficient (Wildman–Crippen LogP) is 5.17. The highest BCUT2D eigenvalue weighted by Crippen LogP contribution is 2.34. The van der Waals surface area contributed by atoms with E-state index in [0.717, 1.165) is 22.4 Å². The Morgan fingerprint density at radius 3 is 2.62 bits per heavy atom. The van der Waals surface area contributed by atoms with E-state index in [9.17, 15) is 4.79 Å². The summed E-state index contributed by atoms with van der Waals surface area (Å²) in [6, 6.07) is 17.0. The molecule has 2 aromatic carbocycles. The second kappa shape index (κ2) is 9.14. The summed E-state index contributed by atoms with van der Waals surface area (Å²) in [5.74, 6) is 1.59. The molecular weight excluding hydrogens is 400 g/mol. The van der Waals surface area contributed by atoms with E-state index in [1.54, 1.807) is 18.5 Å². The molecule has 32 heavy (non-hydrogen) atoms. The van der Waals surface area contributed by atoms with Gasteiger partial charge in [-0.15, -0.1) is 0 Å². The highest BCUT2D eigenvalue weighted by atomic mass is 16.5. The number of aryl methyl sites for hydroxylation is 1. The van der Waals surface area contributed by atoms with Crippen molar-refractivity contribution in [2.45, 2.75) is 33.6 Å². The summed E-state index contributed by atoms with van der Waals surface area (Å²) in [6.07, 6.45) is 3.27. The summed E-state index contributed by atoms with van der Waals surface area (Å²) in [4.78, 5) is 22.5. The molecule has 0 radical (unpaired) electrons. The lowest BCUT2D eigenvalue weighted by Crippen LogP contribution is -2.21. The van der Waals surface area contributed by atoms with E-state index in [4.69, 9.17) is 9.72 Å². The molecule has 0 aliphatic carbocycles. The lowest BCUT2D eigenvalue weighted by molar-refractivity contribution is 0.335. The number of fused-ring (bicyclic) bond motifs is 1. The number of aromatic nitrogens is 3. The summed E-state index contributed by atoms with van der Waals surface area (Å²) in [6.45, 7) is 8.80. The van der Waals surface area contributed by atoms with Crippen molar-refractivity contribution in [1.82, 2.24) is 14.6 Å². The van der Waals surface area contributed by atoms with Crippen LogP contribution in [-0.2, 0) is 0 Å². The number of benzene rings is 2. The van der Waals surface area contributed by atoms with Crippen LogP contribution in [0.15, 0.2) is 70.7 Å². The maximum Gasteiger partial charge on any atom is 0.282 e. The summed E-state index contributed by atoms with van der Waals surface area (Å²) in [7, 11) is 0. The van der Waals surface area contributed by atoms with Crippen molar-refractivity contribution in [1.29, 1.82) is 0 Å². The van der Waals surface area contributed by atoms with Gasteiger partial charge in [0.05, 0.1) is 29.4 Å². The van der Waals surface area contributed by atoms with E-state index in [1.165, 1.54) is 4.68 Å². The molecular formula is C26H26N4O2. The van der Waals surface area contributed by atoms with Crippen LogP contribution in [0.25, 0.3) is 22.3 Å². The molecule has 0 amide bonds. The van der Waals surface area contributed by atoms with Gasteiger partial charge in [-0.1, -0.05) is 32.0 Å². The van der Waals surface area contributed by atoms with Gasteiger partial charge in [-0.25, -0.2) is 4.98 Å². The molecule has 162 valence electrons. The molecule has 0 bridgehead atoms. The van der Waals surface area contributed by atoms with Gasteiger partial charge in [0.1, 0.15) is 5.75 Å². The number of pyridine rings is 1. The Hall–Kier alpha value is -3.80. The van der Waals surface area contributed by atoms with Crippen molar-refractivity contribution in [2.75, 3.05) is 6.61 Å². The normalized spacial score (nSPS) is 11.5. The highest BCUT2D eigenvalue weighted by Gasteiger charge is 2.18. The van der Waals surface area contributed by atoms with E-state index in [0.29, 0.717) is 29.0 Å². The van der Waals surface area contributed by atoms with Crippen LogP contribution in [-0.4, -0.2) is 27.5 Å². The summed E-state index contributed by atoms with van der Waals surface area (Å²) >= 11 is 0. The van der Waals surface area contributed by atoms with Crippen molar-refractivity contribution in [3.63, 3.8) is 0 Å². The zero-order valence-corrected chi connectivity index (χ0v) is 18.7. The Kier molecular flexibility index (Phi) is 6.12. The van der Waals surface area contributed by atoms with Gasteiger partial charge in [-0.3, -0.25) is 9.78 Å². The van der Waals surface area contributed by atoms with Crippen LogP contribution in [0.2, 0.25) is 0 Å². The highest BCUT2D eigenvalue weighted by molar-refractivity contribution is 5.81. The minimum Gasteiger partial charge on any atom is -0.494 e. The molecule has 4 rings (SSSR count). The zero-order valence-electron chi connectivity index (χ0n) is 18.7. The van der Waals surface area contributed by atoms with Gasteiger partial charge in [-0.05, 0) is 67.3 Å². The number of para-hydroxylation sites is 1. The average Bonchev–Trinajstić information content (AvgIpc) is 2.79. The third kappa shape index (κ3) is 4.17. The molecule has 0 fully saturated rings. The standard InChI is InChI=1S/C26H26N4O2/c1-5-32-24-14-18(4)22(15-21(24)17(2)3)25-29-23-12-7-6-11-20(23)26(31)30(25)28-16-19-10-8-9-13-27-19/h6-17H,5H2,1-4H3. The Morgan fingerprint density at radius 2 is 1.91 bits per heavy atom. The third-order valence-corrected chi connectivity index (χ3v) is 5.27. The fourth-order valence-corrected chi connectivity index (χ4v) is 3.65. The summed E-state index contributed by atoms with van der Waals surface area (Å²) in [5.41, 5.74) is 3.94. The summed E-state index contributed by atoms with van der Waals surface area (Å²) < 4.78 is 7.24. The molecule has 0 spiro atoms. The molecule has 4 aromatic rings. The van der Waals surface area contributed by atoms with Crippen LogP contribution in [0, 0.1) is 6.92 Å². The van der Waals surface area contributed by atoms with Crippen LogP contribution >= 0.6 is 0 Å². The van der Waals surface area contributed by atoms with Gasteiger partial charge in [0, 0.05) is 11.8 Å². The van der Waals surface area contributed by atoms with Crippen LogP contribution in [0.3, 0.4) is 0 Å². The first-order chi connectivity index (χ1) is 15.5. The molecule has 6 nitrogen and oxygen atoms in total. The van der Waals surface area contributed by atoms with E-state index in [2.05, 4.69) is 30.0 Å². The van der Waals surface area contributed by atoms with Gasteiger partial charge in [0.15, 0.2) is 5.82 Å². The largest absolute Gasteiger partial charge is 0.494 e. The Balaban J connectivity index is 1.99. The Bertz CT molecular complexity index is 1340. The van der Waals surface area contributed by atoms with Gasteiger partial charge < -0.3 is 4.74 Å². The SMILES string of the molecule is CCOc1cc(C)c(-c2nc3ccccc3c(=O)n2N=Cc2ccccn2)cc1C(C)C. The first-order valence-electron chi connectivity index (χ1n) is 10.7. The molecule has 0 saturated carbocycles. The van der Waals surface area contributed by atoms with E-state index < -0.39 is 0 Å². The minimum atomic E-state index is -0.225. The number of rotatable bonds is 6. The van der Waals surface area contributed by atoms with Crippen molar-refractivity contribution < 1.29 is 4.74 Å². The van der Waals surface area contributed by atoms with Crippen molar-refractivity contribution in [2.24, 2.45) is 5.10 Å². The van der Waals surface area contributed by atoms with Crippen LogP contribution in [0.5, 0.6) is 5.75 Å². The lowest BCUT2D eigenvalue weighted by Gasteiger charge is -2.18. The quantitative estimate of drug-likeness (QED) is 0.399. The lowest BCUT2D eigenvalue weighted by atomic mass is 9.96. The predicted molar refractivity (Wildman–Crippen MR) is 129 cm³/mol. The first-order valence-corrected chi connectivity index (χ1v) is 10.7. The maximum atomic E-state index is 13.4. The van der Waals surface area contributed by atoms with Crippen LogP contribution in [0.1, 0.15) is 43.5 Å². The third-order valence-electron chi connectivity index (χ3n) is 5.27. The van der Waals surface area contributed by atoms with Gasteiger partial charge in [-0.2, -0.15) is 9.78 Å². The van der Waals surface area contributed by atoms with Crippen LogP contribution < -0.4 is 10.3 Å². The van der Waals surface area contributed by atoms with Crippen LogP contribution in [0.4, 0.5) is 0 Å². The topological polar surface area (TPSA) is 69.4 Å². The number of hydrogen-bond acceptors (Lipinski definition) is 5. The minimum absolute atomic E-state index is 0.225. The number of ether oxygens (including phenoxy) is 1. The van der Waals surface area contributed by atoms with Gasteiger partial charge >= 0.3 is 0 Å². The molecule has 0 atom stereocenters. The average molecular weight is 427 g/mol. The molecule has 0 N–H and O–H groups in total. The van der Waals surface area contributed by atoms with Crippen molar-refractivity contribution in [3.8, 4) is 17.1 Å². The second-order valence-corrected chi connectivity index (χ2v) is 7.86. The molecule has 2 heterocycles. The second-order valence-electron chi connectivity index (χ2n) is 7.86. The molecule has 0 aliphatic heterocycles. The van der Waals surface area contributed by atoms with E-state index in [1.807, 2.05) is 56.3 Å². The molecule has 0 saturated heterocycles. The fraction of sp³-hybridized carbons (Fsp3) is 0.231. The van der Waals surface area contributed by atoms with Crippen molar-refractivity contribution >= 4 is 17.1 Å². The molecule has 0 aliphatic rings. The monoisotopic (exact) mass is 426 g/mol. The molecule has 6 heteroatoms. The van der Waals surface area contributed by atoms with E-state index in [-0.39, 0.29) is 11.5 Å².